The van der Waals surface area contributed by atoms with Crippen molar-refractivity contribution in [2.24, 2.45) is 0 Å². The molecule has 0 aliphatic heterocycles. The number of likely N-dealkylation sites (N-methyl/N-ethyl adjacent to an activating group) is 1. The summed E-state index contributed by atoms with van der Waals surface area (Å²) >= 11 is 0. The number of rotatable bonds is 8. The molecular formula is C19H19F2NO5. The molecule has 2 aromatic rings. The van der Waals surface area contributed by atoms with Gasteiger partial charge in [0.05, 0.1) is 19.1 Å². The van der Waals surface area contributed by atoms with Crippen LogP contribution in [0.2, 0.25) is 0 Å². The summed E-state index contributed by atoms with van der Waals surface area (Å²) in [6.45, 7) is -2.86. The Balaban J connectivity index is 2.11. The minimum Gasteiger partial charge on any atom is -0.493 e. The number of hydrogen-bond donors (Lipinski definition) is 1. The molecule has 144 valence electrons. The van der Waals surface area contributed by atoms with Crippen LogP contribution >= 0.6 is 0 Å². The van der Waals surface area contributed by atoms with E-state index >= 15 is 0 Å². The number of alkyl halides is 2. The van der Waals surface area contributed by atoms with Crippen LogP contribution in [0.4, 0.5) is 8.78 Å². The number of methoxy groups -OCH3 is 1. The van der Waals surface area contributed by atoms with E-state index in [9.17, 15) is 23.5 Å². The SMILES string of the molecule is COc1ccc(CN(C)C(=O)Cc2ccccc2C(=O)O)cc1OC(F)F. The number of carboxylic acids is 1. The fourth-order valence-electron chi connectivity index (χ4n) is 2.55. The van der Waals surface area contributed by atoms with Crippen molar-refractivity contribution in [1.82, 2.24) is 4.90 Å². The fraction of sp³-hybridized carbons (Fsp3) is 0.263. The monoisotopic (exact) mass is 379 g/mol. The molecule has 2 aromatic carbocycles. The molecule has 0 saturated carbocycles. The molecule has 27 heavy (non-hydrogen) atoms. The van der Waals surface area contributed by atoms with Crippen molar-refractivity contribution in [3.63, 3.8) is 0 Å². The first-order chi connectivity index (χ1) is 12.8. The molecular weight excluding hydrogens is 360 g/mol. The van der Waals surface area contributed by atoms with Crippen LogP contribution in [0, 0.1) is 0 Å². The van der Waals surface area contributed by atoms with Crippen LogP contribution in [0.5, 0.6) is 11.5 Å². The standard InChI is InChI=1S/C19H19F2NO5/c1-22(17(23)10-13-5-3-4-6-14(13)18(24)25)11-12-7-8-15(26-2)16(9-12)27-19(20)21/h3-9,19H,10-11H2,1-2H3,(H,24,25). The highest BCUT2D eigenvalue weighted by molar-refractivity contribution is 5.91. The Morgan fingerprint density at radius 1 is 1.15 bits per heavy atom. The van der Waals surface area contributed by atoms with Crippen LogP contribution in [0.1, 0.15) is 21.5 Å². The van der Waals surface area contributed by atoms with Gasteiger partial charge in [-0.25, -0.2) is 4.79 Å². The van der Waals surface area contributed by atoms with Gasteiger partial charge in [0.15, 0.2) is 11.5 Å². The van der Waals surface area contributed by atoms with E-state index in [1.165, 1.54) is 30.2 Å². The summed E-state index contributed by atoms with van der Waals surface area (Å²) in [4.78, 5) is 25.1. The predicted octanol–water partition coefficient (Wildman–Crippen LogP) is 3.20. The molecule has 0 spiro atoms. The molecule has 0 atom stereocenters. The number of carboxylic acid groups (broad SMARTS) is 1. The molecule has 8 heteroatoms. The van der Waals surface area contributed by atoms with E-state index in [2.05, 4.69) is 4.74 Å². The molecule has 1 amide bonds. The molecule has 0 radical (unpaired) electrons. The van der Waals surface area contributed by atoms with Gasteiger partial charge in [-0.2, -0.15) is 8.78 Å². The Labute approximate surface area is 154 Å². The van der Waals surface area contributed by atoms with Gasteiger partial charge in [0.25, 0.3) is 0 Å². The molecule has 0 bridgehead atoms. The summed E-state index contributed by atoms with van der Waals surface area (Å²) in [7, 11) is 2.88. The second-order valence-corrected chi connectivity index (χ2v) is 5.75. The third kappa shape index (κ3) is 5.40. The lowest BCUT2D eigenvalue weighted by atomic mass is 10.0. The Hall–Kier alpha value is -3.16. The quantitative estimate of drug-likeness (QED) is 0.762. The Morgan fingerprint density at radius 2 is 1.85 bits per heavy atom. The number of aromatic carboxylic acids is 1. The van der Waals surface area contributed by atoms with Crippen molar-refractivity contribution in [1.29, 1.82) is 0 Å². The maximum absolute atomic E-state index is 12.5. The van der Waals surface area contributed by atoms with E-state index in [-0.39, 0.29) is 35.9 Å². The summed E-state index contributed by atoms with van der Waals surface area (Å²) in [5.41, 5.74) is 1.03. The van der Waals surface area contributed by atoms with Gasteiger partial charge >= 0.3 is 12.6 Å². The number of hydrogen-bond acceptors (Lipinski definition) is 4. The largest absolute Gasteiger partial charge is 0.493 e. The van der Waals surface area contributed by atoms with Crippen molar-refractivity contribution in [3.05, 3.63) is 59.2 Å². The number of halogens is 2. The molecule has 0 unspecified atom stereocenters. The summed E-state index contributed by atoms with van der Waals surface area (Å²) in [5.74, 6) is -1.38. The Bertz CT molecular complexity index is 825. The molecule has 0 fully saturated rings. The summed E-state index contributed by atoms with van der Waals surface area (Å²) in [6, 6.07) is 10.7. The van der Waals surface area contributed by atoms with Crippen LogP contribution in [-0.4, -0.2) is 42.7 Å². The summed E-state index contributed by atoms with van der Waals surface area (Å²) in [5, 5.41) is 9.19. The number of ether oxygens (including phenoxy) is 2. The minimum atomic E-state index is -3.00. The van der Waals surface area contributed by atoms with Gasteiger partial charge in [-0.3, -0.25) is 4.79 Å². The maximum atomic E-state index is 12.5. The van der Waals surface area contributed by atoms with Crippen LogP contribution < -0.4 is 9.47 Å². The number of carbonyl (C=O) groups is 2. The van der Waals surface area contributed by atoms with E-state index in [1.807, 2.05) is 0 Å². The van der Waals surface area contributed by atoms with Crippen molar-refractivity contribution >= 4 is 11.9 Å². The molecule has 2 rings (SSSR count). The van der Waals surface area contributed by atoms with Gasteiger partial charge in [0, 0.05) is 13.6 Å². The first-order valence-electron chi connectivity index (χ1n) is 7.98. The fourth-order valence-corrected chi connectivity index (χ4v) is 2.55. The lowest BCUT2D eigenvalue weighted by Crippen LogP contribution is -2.28. The highest BCUT2D eigenvalue weighted by Gasteiger charge is 2.17. The Kier molecular flexibility index (Phi) is 6.70. The molecule has 0 aliphatic rings. The average molecular weight is 379 g/mol. The predicted molar refractivity (Wildman–Crippen MR) is 93.2 cm³/mol. The lowest BCUT2D eigenvalue weighted by Gasteiger charge is -2.19. The molecule has 1 N–H and O–H groups in total. The highest BCUT2D eigenvalue weighted by atomic mass is 19.3. The molecule has 6 nitrogen and oxygen atoms in total. The zero-order valence-electron chi connectivity index (χ0n) is 14.8. The van der Waals surface area contributed by atoms with Crippen LogP contribution in [0.3, 0.4) is 0 Å². The Morgan fingerprint density at radius 3 is 2.48 bits per heavy atom. The van der Waals surface area contributed by atoms with Gasteiger partial charge in [-0.1, -0.05) is 24.3 Å². The smallest absolute Gasteiger partial charge is 0.387 e. The van der Waals surface area contributed by atoms with Gasteiger partial charge in [0.1, 0.15) is 0 Å². The topological polar surface area (TPSA) is 76.1 Å². The molecule has 0 aliphatic carbocycles. The van der Waals surface area contributed by atoms with E-state index in [1.54, 1.807) is 31.3 Å². The average Bonchev–Trinajstić information content (AvgIpc) is 2.61. The third-order valence-corrected chi connectivity index (χ3v) is 3.88. The first kappa shape index (κ1) is 20.2. The lowest BCUT2D eigenvalue weighted by molar-refractivity contribution is -0.129. The number of benzene rings is 2. The van der Waals surface area contributed by atoms with Crippen molar-refractivity contribution in [2.45, 2.75) is 19.6 Å². The van der Waals surface area contributed by atoms with Crippen LogP contribution in [0.15, 0.2) is 42.5 Å². The molecule has 0 heterocycles. The van der Waals surface area contributed by atoms with Gasteiger partial charge in [-0.05, 0) is 29.3 Å². The zero-order valence-corrected chi connectivity index (χ0v) is 14.8. The van der Waals surface area contributed by atoms with Gasteiger partial charge in [0.2, 0.25) is 5.91 Å². The number of nitrogens with zero attached hydrogens (tertiary/aromatic N) is 1. The van der Waals surface area contributed by atoms with Gasteiger partial charge in [-0.15, -0.1) is 0 Å². The highest BCUT2D eigenvalue weighted by Crippen LogP contribution is 2.30. The van der Waals surface area contributed by atoms with E-state index in [4.69, 9.17) is 4.74 Å². The maximum Gasteiger partial charge on any atom is 0.387 e. The van der Waals surface area contributed by atoms with E-state index in [0.717, 1.165) is 0 Å². The van der Waals surface area contributed by atoms with Gasteiger partial charge < -0.3 is 19.5 Å². The van der Waals surface area contributed by atoms with Crippen molar-refractivity contribution in [3.8, 4) is 11.5 Å². The van der Waals surface area contributed by atoms with Crippen molar-refractivity contribution < 1.29 is 33.0 Å². The minimum absolute atomic E-state index is 0.0660. The third-order valence-electron chi connectivity index (χ3n) is 3.88. The number of carbonyl (C=O) groups excluding carboxylic acids is 1. The second-order valence-electron chi connectivity index (χ2n) is 5.75. The summed E-state index contributed by atoms with van der Waals surface area (Å²) < 4.78 is 34.4. The van der Waals surface area contributed by atoms with Crippen molar-refractivity contribution in [2.75, 3.05) is 14.2 Å². The normalized spacial score (nSPS) is 10.6. The first-order valence-corrected chi connectivity index (χ1v) is 7.98. The summed E-state index contributed by atoms with van der Waals surface area (Å²) in [6.07, 6.45) is -0.0878. The van der Waals surface area contributed by atoms with E-state index < -0.39 is 12.6 Å². The zero-order chi connectivity index (χ0) is 20.0. The van der Waals surface area contributed by atoms with Crippen LogP contribution in [-0.2, 0) is 17.8 Å². The number of amides is 1. The second kappa shape index (κ2) is 8.98. The molecule has 0 aromatic heterocycles. The van der Waals surface area contributed by atoms with Crippen LogP contribution in [0.25, 0.3) is 0 Å². The van der Waals surface area contributed by atoms with E-state index in [0.29, 0.717) is 11.1 Å². The molecule has 0 saturated heterocycles.